The molecule has 2 aliphatic heterocycles. The Kier molecular flexibility index (Phi) is 9.01. The smallest absolute Gasteiger partial charge is 0.354 e. The molecule has 50 heavy (non-hydrogen) atoms. The fourth-order valence-electron chi connectivity index (χ4n) is 9.19. The Bertz CT molecular complexity index is 1980. The van der Waals surface area contributed by atoms with E-state index >= 15 is 0 Å². The molecule has 4 aliphatic carbocycles. The molecule has 2 heterocycles. The Balaban J connectivity index is 1.10. The van der Waals surface area contributed by atoms with Crippen molar-refractivity contribution in [3.05, 3.63) is 48.6 Å². The van der Waals surface area contributed by atoms with E-state index in [1.54, 1.807) is 18.2 Å². The van der Waals surface area contributed by atoms with Crippen molar-refractivity contribution in [3.63, 3.8) is 0 Å². The van der Waals surface area contributed by atoms with Crippen LogP contribution < -0.4 is 14.9 Å². The molecule has 3 fully saturated rings. The van der Waals surface area contributed by atoms with Crippen LogP contribution in [0, 0.1) is 47.3 Å². The van der Waals surface area contributed by atoms with Gasteiger partial charge in [0.25, 0.3) is 5.91 Å². The summed E-state index contributed by atoms with van der Waals surface area (Å²) < 4.78 is 34.7. The molecule has 15 heteroatoms. The predicted molar refractivity (Wildman–Crippen MR) is 191 cm³/mol. The number of carbonyl (C=O) groups excluding carboxylic acids is 4. The predicted octanol–water partition coefficient (Wildman–Crippen LogP) is 1.20. The van der Waals surface area contributed by atoms with E-state index in [9.17, 15) is 27.6 Å². The average molecular weight is 719 g/mol. The number of ether oxygens (including phenoxy) is 1. The highest BCUT2D eigenvalue weighted by atomic mass is 32.2. The molecule has 2 aromatic carbocycles. The van der Waals surface area contributed by atoms with E-state index in [0.29, 0.717) is 11.9 Å². The van der Waals surface area contributed by atoms with Crippen molar-refractivity contribution in [2.45, 2.75) is 23.9 Å². The van der Waals surface area contributed by atoms with Crippen LogP contribution in [0.25, 0.3) is 10.8 Å². The number of esters is 1. The molecular weight excluding hydrogens is 677 g/mol. The molecule has 0 radical (unpaired) electrons. The maximum Gasteiger partial charge on any atom is 0.354 e. The Morgan fingerprint density at radius 1 is 0.900 bits per heavy atom. The zero-order valence-electron chi connectivity index (χ0n) is 28.5. The minimum atomic E-state index is -3.99. The van der Waals surface area contributed by atoms with E-state index in [1.807, 2.05) is 49.3 Å². The Morgan fingerprint density at radius 3 is 2.16 bits per heavy atom. The number of nitrogens with one attached hydrogen (secondary N) is 2. The monoisotopic (exact) mass is 718 g/mol. The number of benzene rings is 2. The maximum atomic E-state index is 14.0. The minimum Gasteiger partial charge on any atom is -0.464 e. The number of hydrogen-bond donors (Lipinski definition) is 2. The molecule has 0 spiro atoms. The lowest BCUT2D eigenvalue weighted by Crippen LogP contribution is -2.68. The Hall–Kier alpha value is -4.21. The van der Waals surface area contributed by atoms with Gasteiger partial charge in [0.1, 0.15) is 5.71 Å². The summed E-state index contributed by atoms with van der Waals surface area (Å²) >= 11 is 0. The number of allylic oxidation sites excluding steroid dienone is 2. The molecule has 264 valence electrons. The number of hydrogen-bond acceptors (Lipinski definition) is 10. The lowest BCUT2D eigenvalue weighted by atomic mass is 9.38. The third-order valence-electron chi connectivity index (χ3n) is 11.3. The van der Waals surface area contributed by atoms with Crippen molar-refractivity contribution < 1.29 is 32.3 Å². The zero-order chi connectivity index (χ0) is 35.5. The first-order chi connectivity index (χ1) is 24.0. The normalized spacial score (nSPS) is 29.3. The third-order valence-corrected chi connectivity index (χ3v) is 14.0. The molecule has 8 unspecified atom stereocenters. The SMILES string of the molecule is COC(=O)C1=NN=C(C(=O)NCCC[SiH2]C)C2C1C1C3C=CC(C4C(=O)N(CCNS(=O)(=O)c5cccc6c(N(C)C)cccc56)C(=O)C34)C21. The van der Waals surface area contributed by atoms with Crippen LogP contribution in [0.2, 0.25) is 12.6 Å². The van der Waals surface area contributed by atoms with E-state index in [2.05, 4.69) is 26.8 Å². The van der Waals surface area contributed by atoms with Gasteiger partial charge >= 0.3 is 5.97 Å². The van der Waals surface area contributed by atoms with Crippen LogP contribution in [-0.2, 0) is 33.9 Å². The first-order valence-electron chi connectivity index (χ1n) is 17.3. The number of sulfonamides is 1. The summed E-state index contributed by atoms with van der Waals surface area (Å²) in [6.45, 7) is 2.47. The van der Waals surface area contributed by atoms with Gasteiger partial charge in [0.15, 0.2) is 5.71 Å². The van der Waals surface area contributed by atoms with Crippen LogP contribution in [0.5, 0.6) is 0 Å². The average Bonchev–Trinajstić information content (AvgIpc) is 3.36. The summed E-state index contributed by atoms with van der Waals surface area (Å²) in [6, 6.07) is 11.7. The molecule has 2 aromatic rings. The number of rotatable bonds is 12. The second kappa shape index (κ2) is 13.2. The van der Waals surface area contributed by atoms with Gasteiger partial charge in [0.2, 0.25) is 21.8 Å². The van der Waals surface area contributed by atoms with Gasteiger partial charge in [-0.25, -0.2) is 17.9 Å². The molecule has 8 rings (SSSR count). The van der Waals surface area contributed by atoms with Crippen molar-refractivity contribution in [1.82, 2.24) is 14.9 Å². The summed E-state index contributed by atoms with van der Waals surface area (Å²) in [5, 5.41) is 12.7. The van der Waals surface area contributed by atoms with Gasteiger partial charge in [0, 0.05) is 71.5 Å². The van der Waals surface area contributed by atoms with Gasteiger partial charge < -0.3 is 15.0 Å². The highest BCUT2D eigenvalue weighted by Crippen LogP contribution is 2.67. The van der Waals surface area contributed by atoms with Crippen molar-refractivity contribution in [2.24, 2.45) is 57.5 Å². The van der Waals surface area contributed by atoms with Gasteiger partial charge in [-0.3, -0.25) is 19.3 Å². The Labute approximate surface area is 293 Å². The largest absolute Gasteiger partial charge is 0.464 e. The van der Waals surface area contributed by atoms with Gasteiger partial charge in [-0.05, 0) is 42.2 Å². The van der Waals surface area contributed by atoms with Gasteiger partial charge in [-0.2, -0.15) is 0 Å². The fraction of sp³-hybridized carbons (Fsp3) is 0.486. The minimum absolute atomic E-state index is 0.115. The summed E-state index contributed by atoms with van der Waals surface area (Å²) in [5.74, 6) is -4.93. The summed E-state index contributed by atoms with van der Waals surface area (Å²) in [6.07, 6.45) is 4.84. The number of methoxy groups -OCH3 is 1. The first kappa shape index (κ1) is 34.2. The topological polar surface area (TPSA) is 167 Å². The van der Waals surface area contributed by atoms with Gasteiger partial charge in [0.05, 0.1) is 23.8 Å². The third kappa shape index (κ3) is 5.32. The number of likely N-dealkylation sites (tertiary alicyclic amines) is 1. The molecule has 2 N–H and O–H groups in total. The molecule has 6 aliphatic rings. The molecule has 0 aromatic heterocycles. The number of fused-ring (bicyclic) bond motifs is 2. The van der Waals surface area contributed by atoms with Crippen molar-refractivity contribution in [3.8, 4) is 0 Å². The molecular formula is C35H42N6O7SSi. The van der Waals surface area contributed by atoms with Crippen LogP contribution in [0.4, 0.5) is 5.69 Å². The van der Waals surface area contributed by atoms with Crippen LogP contribution in [0.1, 0.15) is 6.42 Å². The van der Waals surface area contributed by atoms with Crippen molar-refractivity contribution in [1.29, 1.82) is 0 Å². The standard InChI is InChI=1S/C35H42N6O7SSi/c1-40(2)22-10-5-9-19-18(22)8-6-11-23(19)49(46,47)37-15-16-41-33(43)26-20-12-13-21(27(26)34(41)44)25-24(20)28-29(25)31(35(45)48-3)39-38-30(28)32(42)36-14-7-17-50-4/h5-6,8-13,20-21,24-29,37H,7,14-17,50H2,1-4H3,(H,36,42). The second-order valence-electron chi connectivity index (χ2n) is 14.0. The second-order valence-corrected chi connectivity index (χ2v) is 17.4. The maximum absolute atomic E-state index is 14.0. The van der Waals surface area contributed by atoms with Gasteiger partial charge in [-0.1, -0.05) is 49.0 Å². The van der Waals surface area contributed by atoms with E-state index in [-0.39, 0.29) is 80.3 Å². The van der Waals surface area contributed by atoms with Crippen LogP contribution in [0.3, 0.4) is 0 Å². The van der Waals surface area contributed by atoms with E-state index in [0.717, 1.165) is 23.5 Å². The highest BCUT2D eigenvalue weighted by molar-refractivity contribution is 7.89. The van der Waals surface area contributed by atoms with E-state index in [4.69, 9.17) is 4.74 Å². The van der Waals surface area contributed by atoms with Crippen molar-refractivity contribution in [2.75, 3.05) is 45.7 Å². The Morgan fingerprint density at radius 2 is 1.52 bits per heavy atom. The fourth-order valence-corrected chi connectivity index (χ4v) is 11.2. The summed E-state index contributed by atoms with van der Waals surface area (Å²) in [7, 11) is 0.944. The van der Waals surface area contributed by atoms with Crippen LogP contribution in [0.15, 0.2) is 63.6 Å². The van der Waals surface area contributed by atoms with E-state index < -0.39 is 39.7 Å². The molecule has 1 saturated heterocycles. The molecule has 3 amide bonds. The molecule has 13 nitrogen and oxygen atoms in total. The lowest BCUT2D eigenvalue weighted by molar-refractivity contribution is -0.146. The first-order valence-corrected chi connectivity index (χ1v) is 21.2. The number of anilines is 1. The summed E-state index contributed by atoms with van der Waals surface area (Å²) in [5.41, 5.74) is 1.27. The zero-order valence-corrected chi connectivity index (χ0v) is 30.8. The van der Waals surface area contributed by atoms with Crippen LogP contribution >= 0.6 is 0 Å². The number of nitrogens with zero attached hydrogens (tertiary/aromatic N) is 4. The quantitative estimate of drug-likeness (QED) is 0.109. The molecule has 2 saturated carbocycles. The van der Waals surface area contributed by atoms with E-state index in [1.165, 1.54) is 12.0 Å². The molecule has 2 bridgehead atoms. The van der Waals surface area contributed by atoms with Gasteiger partial charge in [-0.15, -0.1) is 10.2 Å². The highest BCUT2D eigenvalue weighted by Gasteiger charge is 2.72. The number of imide groups is 1. The molecule has 8 atom stereocenters. The summed E-state index contributed by atoms with van der Waals surface area (Å²) in [4.78, 5) is 57.4. The van der Waals surface area contributed by atoms with Crippen molar-refractivity contribution >= 4 is 71.1 Å². The van der Waals surface area contributed by atoms with Crippen LogP contribution in [-0.4, -0.2) is 98.8 Å². The number of carbonyl (C=O) groups is 4. The lowest BCUT2D eigenvalue weighted by Gasteiger charge is -2.64. The number of amides is 3.